The highest BCUT2D eigenvalue weighted by atomic mass is 19.3. The molecule has 2 nitrogen and oxygen atoms in total. The summed E-state index contributed by atoms with van der Waals surface area (Å²) >= 11 is 0. The average molecular weight is 200 g/mol. The van der Waals surface area contributed by atoms with Crippen LogP contribution in [-0.4, -0.2) is 10.9 Å². The van der Waals surface area contributed by atoms with Crippen LogP contribution in [0.2, 0.25) is 0 Å². The fourth-order valence-corrected chi connectivity index (χ4v) is 1.35. The maximum absolute atomic E-state index is 12.5. The first-order chi connectivity index (χ1) is 6.43. The summed E-state index contributed by atoms with van der Waals surface area (Å²) in [6, 6.07) is 2.50. The number of aromatic hydroxyl groups is 1. The summed E-state index contributed by atoms with van der Waals surface area (Å²) in [5.41, 5.74) is -0.191. The van der Waals surface area contributed by atoms with Gasteiger partial charge in [0.2, 0.25) is 0 Å². The van der Waals surface area contributed by atoms with E-state index in [4.69, 9.17) is 0 Å². The molecule has 1 aromatic rings. The fourth-order valence-electron chi connectivity index (χ4n) is 1.35. The van der Waals surface area contributed by atoms with Gasteiger partial charge in [-0.1, -0.05) is 0 Å². The van der Waals surface area contributed by atoms with Gasteiger partial charge in [-0.25, -0.2) is 8.78 Å². The third kappa shape index (κ3) is 1.89. The monoisotopic (exact) mass is 200 g/mol. The minimum atomic E-state index is -2.75. The van der Waals surface area contributed by atoms with Gasteiger partial charge in [-0.2, -0.15) is 0 Å². The van der Waals surface area contributed by atoms with Crippen LogP contribution in [0.25, 0.3) is 0 Å². The maximum atomic E-state index is 12.5. The SMILES string of the molecule is CC(=O)c1c(O)cc(C)cc1C(F)F. The van der Waals surface area contributed by atoms with Crippen molar-refractivity contribution in [2.45, 2.75) is 20.3 Å². The third-order valence-electron chi connectivity index (χ3n) is 1.88. The van der Waals surface area contributed by atoms with Crippen molar-refractivity contribution in [1.82, 2.24) is 0 Å². The molecule has 0 amide bonds. The standard InChI is InChI=1S/C10H10F2O2/c1-5-3-7(10(11)12)9(6(2)13)8(14)4-5/h3-4,10,14H,1-2H3. The van der Waals surface area contributed by atoms with E-state index in [1.807, 2.05) is 0 Å². The number of Topliss-reactive ketones (excluding diaryl/α,β-unsaturated/α-hetero) is 1. The van der Waals surface area contributed by atoms with Gasteiger partial charge in [0.25, 0.3) is 6.43 Å². The summed E-state index contributed by atoms with van der Waals surface area (Å²) in [6.45, 7) is 2.73. The Hall–Kier alpha value is -1.45. The molecule has 14 heavy (non-hydrogen) atoms. The number of carbonyl (C=O) groups is 1. The zero-order valence-electron chi connectivity index (χ0n) is 7.84. The number of carbonyl (C=O) groups excluding carboxylic acids is 1. The minimum absolute atomic E-state index is 0.286. The molecule has 76 valence electrons. The lowest BCUT2D eigenvalue weighted by molar-refractivity contribution is 0.0995. The number of ketones is 1. The van der Waals surface area contributed by atoms with Crippen molar-refractivity contribution in [3.63, 3.8) is 0 Å². The number of halogens is 2. The lowest BCUT2D eigenvalue weighted by Gasteiger charge is -2.09. The van der Waals surface area contributed by atoms with E-state index in [9.17, 15) is 18.7 Å². The number of phenols is 1. The first-order valence-electron chi connectivity index (χ1n) is 4.06. The van der Waals surface area contributed by atoms with E-state index < -0.39 is 17.8 Å². The Kier molecular flexibility index (Phi) is 2.84. The van der Waals surface area contributed by atoms with E-state index in [0.29, 0.717) is 5.56 Å². The predicted molar refractivity (Wildman–Crippen MR) is 47.8 cm³/mol. The molecule has 0 saturated carbocycles. The largest absolute Gasteiger partial charge is 0.507 e. The van der Waals surface area contributed by atoms with Gasteiger partial charge < -0.3 is 5.11 Å². The molecule has 0 fully saturated rings. The Morgan fingerprint density at radius 1 is 1.43 bits per heavy atom. The Morgan fingerprint density at radius 3 is 2.43 bits per heavy atom. The van der Waals surface area contributed by atoms with E-state index in [0.717, 1.165) is 6.92 Å². The number of rotatable bonds is 2. The second-order valence-corrected chi connectivity index (χ2v) is 3.11. The Morgan fingerprint density at radius 2 is 2.00 bits per heavy atom. The highest BCUT2D eigenvalue weighted by molar-refractivity contribution is 5.98. The van der Waals surface area contributed by atoms with Crippen molar-refractivity contribution < 1.29 is 18.7 Å². The predicted octanol–water partition coefficient (Wildman–Crippen LogP) is 2.84. The van der Waals surface area contributed by atoms with Gasteiger partial charge in [-0.05, 0) is 31.5 Å². The molecule has 1 N–H and O–H groups in total. The number of hydrogen-bond acceptors (Lipinski definition) is 2. The van der Waals surface area contributed by atoms with Crippen molar-refractivity contribution in [2.24, 2.45) is 0 Å². The van der Waals surface area contributed by atoms with Crippen LogP contribution in [0.3, 0.4) is 0 Å². The molecule has 0 atom stereocenters. The highest BCUT2D eigenvalue weighted by Gasteiger charge is 2.19. The zero-order chi connectivity index (χ0) is 10.9. The van der Waals surface area contributed by atoms with Crippen LogP contribution in [0.4, 0.5) is 8.78 Å². The van der Waals surface area contributed by atoms with Crippen LogP contribution in [0.5, 0.6) is 5.75 Å². The first kappa shape index (κ1) is 10.6. The summed E-state index contributed by atoms with van der Waals surface area (Å²) in [5, 5.41) is 9.34. The van der Waals surface area contributed by atoms with E-state index in [2.05, 4.69) is 0 Å². The molecule has 1 aromatic carbocycles. The molecule has 0 bridgehead atoms. The van der Waals surface area contributed by atoms with Crippen LogP contribution in [0.1, 0.15) is 34.8 Å². The number of phenolic OH excluding ortho intramolecular Hbond substituents is 1. The quantitative estimate of drug-likeness (QED) is 0.745. The fraction of sp³-hybridized carbons (Fsp3) is 0.300. The lowest BCUT2D eigenvalue weighted by Crippen LogP contribution is -2.01. The van der Waals surface area contributed by atoms with Gasteiger partial charge in [0.1, 0.15) is 5.75 Å². The van der Waals surface area contributed by atoms with E-state index >= 15 is 0 Å². The third-order valence-corrected chi connectivity index (χ3v) is 1.88. The lowest BCUT2D eigenvalue weighted by atomic mass is 10.0. The zero-order valence-corrected chi connectivity index (χ0v) is 7.84. The van der Waals surface area contributed by atoms with Crippen LogP contribution in [0.15, 0.2) is 12.1 Å². The topological polar surface area (TPSA) is 37.3 Å². The number of alkyl halides is 2. The van der Waals surface area contributed by atoms with E-state index in [-0.39, 0.29) is 11.3 Å². The van der Waals surface area contributed by atoms with Crippen LogP contribution in [0, 0.1) is 6.92 Å². The maximum Gasteiger partial charge on any atom is 0.264 e. The molecule has 0 aliphatic rings. The van der Waals surface area contributed by atoms with Gasteiger partial charge >= 0.3 is 0 Å². The number of benzene rings is 1. The molecular weight excluding hydrogens is 190 g/mol. The summed E-state index contributed by atoms with van der Waals surface area (Å²) in [6.07, 6.45) is -2.75. The highest BCUT2D eigenvalue weighted by Crippen LogP contribution is 2.30. The summed E-state index contributed by atoms with van der Waals surface area (Å²) in [7, 11) is 0. The van der Waals surface area contributed by atoms with Crippen molar-refractivity contribution in [3.05, 3.63) is 28.8 Å². The molecule has 0 aliphatic carbocycles. The molecule has 0 heterocycles. The van der Waals surface area contributed by atoms with Gasteiger partial charge in [0, 0.05) is 5.56 Å². The van der Waals surface area contributed by atoms with Crippen LogP contribution < -0.4 is 0 Å². The Labute approximate surface area is 80.2 Å². The molecule has 0 aliphatic heterocycles. The van der Waals surface area contributed by atoms with E-state index in [1.54, 1.807) is 6.92 Å². The molecule has 0 radical (unpaired) electrons. The minimum Gasteiger partial charge on any atom is -0.507 e. The average Bonchev–Trinajstić information content (AvgIpc) is 2.01. The molecule has 0 spiro atoms. The molecule has 0 unspecified atom stereocenters. The first-order valence-corrected chi connectivity index (χ1v) is 4.06. The second-order valence-electron chi connectivity index (χ2n) is 3.11. The summed E-state index contributed by atoms with van der Waals surface area (Å²) in [5.74, 6) is -0.939. The van der Waals surface area contributed by atoms with Crippen molar-refractivity contribution in [1.29, 1.82) is 0 Å². The summed E-state index contributed by atoms with van der Waals surface area (Å²) < 4.78 is 25.0. The molecule has 1 rings (SSSR count). The smallest absolute Gasteiger partial charge is 0.264 e. The van der Waals surface area contributed by atoms with Gasteiger partial charge in [-0.15, -0.1) is 0 Å². The molecular formula is C10H10F2O2. The van der Waals surface area contributed by atoms with Crippen molar-refractivity contribution >= 4 is 5.78 Å². The molecule has 0 aromatic heterocycles. The molecule has 0 saturated heterocycles. The van der Waals surface area contributed by atoms with Gasteiger partial charge in [0.15, 0.2) is 5.78 Å². The molecule has 4 heteroatoms. The number of hydrogen-bond donors (Lipinski definition) is 1. The van der Waals surface area contributed by atoms with Crippen molar-refractivity contribution in [2.75, 3.05) is 0 Å². The Bertz CT molecular complexity index is 373. The Balaban J connectivity index is 3.44. The van der Waals surface area contributed by atoms with Crippen LogP contribution >= 0.6 is 0 Å². The van der Waals surface area contributed by atoms with Crippen LogP contribution in [-0.2, 0) is 0 Å². The second kappa shape index (κ2) is 3.74. The number of aryl methyl sites for hydroxylation is 1. The summed E-state index contributed by atoms with van der Waals surface area (Å²) in [4.78, 5) is 11.0. The normalized spacial score (nSPS) is 10.6. The van der Waals surface area contributed by atoms with Crippen molar-refractivity contribution in [3.8, 4) is 5.75 Å². The van der Waals surface area contributed by atoms with Gasteiger partial charge in [0.05, 0.1) is 5.56 Å². The van der Waals surface area contributed by atoms with Gasteiger partial charge in [-0.3, -0.25) is 4.79 Å². The van der Waals surface area contributed by atoms with E-state index in [1.165, 1.54) is 12.1 Å².